The van der Waals surface area contributed by atoms with E-state index in [4.69, 9.17) is 23.2 Å². The summed E-state index contributed by atoms with van der Waals surface area (Å²) >= 11 is 11.6. The van der Waals surface area contributed by atoms with Crippen LogP contribution in [-0.4, -0.2) is 22.3 Å². The van der Waals surface area contributed by atoms with Crippen molar-refractivity contribution in [1.82, 2.24) is 5.43 Å². The molecule has 120 valence electrons. The van der Waals surface area contributed by atoms with Crippen LogP contribution in [0, 0.1) is 0 Å². The van der Waals surface area contributed by atoms with Gasteiger partial charge in [-0.2, -0.15) is 5.10 Å². The van der Waals surface area contributed by atoms with E-state index in [0.29, 0.717) is 17.0 Å². The lowest BCUT2D eigenvalue weighted by molar-refractivity contribution is -0.121. The molecule has 0 aliphatic carbocycles. The summed E-state index contributed by atoms with van der Waals surface area (Å²) in [6, 6.07) is 9.52. The number of carbonyl (C=O) groups is 1. The predicted octanol–water partition coefficient (Wildman–Crippen LogP) is 3.49. The third-order valence-electron chi connectivity index (χ3n) is 3.03. The maximum atomic E-state index is 11.7. The Kier molecular flexibility index (Phi) is 5.84. The van der Waals surface area contributed by atoms with Crippen LogP contribution in [-0.2, 0) is 11.2 Å². The van der Waals surface area contributed by atoms with Gasteiger partial charge in [-0.15, -0.1) is 0 Å². The monoisotopic (exact) mass is 352 g/mol. The fourth-order valence-corrected chi connectivity index (χ4v) is 2.34. The lowest BCUT2D eigenvalue weighted by Crippen LogP contribution is -2.17. The van der Waals surface area contributed by atoms with Crippen molar-refractivity contribution < 1.29 is 15.0 Å². The number of amides is 1. The minimum atomic E-state index is -0.276. The minimum Gasteiger partial charge on any atom is -0.508 e. The van der Waals surface area contributed by atoms with E-state index in [9.17, 15) is 15.0 Å². The number of carbonyl (C=O) groups excluding carboxylic acids is 1. The highest BCUT2D eigenvalue weighted by atomic mass is 35.5. The normalized spacial score (nSPS) is 10.9. The van der Waals surface area contributed by atoms with Gasteiger partial charge >= 0.3 is 0 Å². The van der Waals surface area contributed by atoms with Crippen molar-refractivity contribution in [3.05, 3.63) is 57.6 Å². The lowest BCUT2D eigenvalue weighted by Gasteiger charge is -2.03. The minimum absolute atomic E-state index is 0.109. The van der Waals surface area contributed by atoms with Crippen LogP contribution in [0.4, 0.5) is 0 Å². The van der Waals surface area contributed by atoms with E-state index in [0.717, 1.165) is 5.56 Å². The Balaban J connectivity index is 1.88. The number of aryl methyl sites for hydroxylation is 1. The number of rotatable bonds is 5. The van der Waals surface area contributed by atoms with Gasteiger partial charge in [0.05, 0.1) is 11.2 Å². The van der Waals surface area contributed by atoms with Crippen molar-refractivity contribution in [2.75, 3.05) is 0 Å². The summed E-state index contributed by atoms with van der Waals surface area (Å²) in [4.78, 5) is 11.7. The van der Waals surface area contributed by atoms with Gasteiger partial charge in [0.15, 0.2) is 0 Å². The third-order valence-corrected chi connectivity index (χ3v) is 3.53. The molecule has 3 N–H and O–H groups in total. The summed E-state index contributed by atoms with van der Waals surface area (Å²) in [5.74, 6) is -0.247. The van der Waals surface area contributed by atoms with E-state index in [1.54, 1.807) is 24.3 Å². The summed E-state index contributed by atoms with van der Waals surface area (Å²) in [5.41, 5.74) is 3.60. The Morgan fingerprint density at radius 2 is 1.87 bits per heavy atom. The summed E-state index contributed by atoms with van der Waals surface area (Å²) in [7, 11) is 0. The number of hydrogen-bond acceptors (Lipinski definition) is 4. The average molecular weight is 353 g/mol. The molecule has 2 rings (SSSR count). The molecular formula is C16H14Cl2N2O3. The first-order valence-electron chi connectivity index (χ1n) is 6.73. The fraction of sp³-hybridized carbons (Fsp3) is 0.125. The molecule has 0 heterocycles. The van der Waals surface area contributed by atoms with Gasteiger partial charge in [-0.1, -0.05) is 35.3 Å². The molecule has 0 spiro atoms. The summed E-state index contributed by atoms with van der Waals surface area (Å²) in [6.45, 7) is 0. The standard InChI is InChI=1S/C16H14Cl2N2O3/c17-12-7-11(16(23)14(18)8-12)9-19-20-15(22)6-3-10-1-4-13(21)5-2-10/h1-2,4-5,7-9,21,23H,3,6H2,(H,20,22)/b19-9-. The fourth-order valence-electron chi connectivity index (χ4n) is 1.83. The second-order valence-corrected chi connectivity index (χ2v) is 5.63. The molecule has 0 aliphatic heterocycles. The Bertz CT molecular complexity index is 731. The van der Waals surface area contributed by atoms with E-state index in [-0.39, 0.29) is 28.8 Å². The third kappa shape index (κ3) is 5.16. The van der Waals surface area contributed by atoms with E-state index in [1.807, 2.05) is 0 Å². The number of hydrogen-bond donors (Lipinski definition) is 3. The number of nitrogens with zero attached hydrogens (tertiary/aromatic N) is 1. The maximum absolute atomic E-state index is 11.7. The largest absolute Gasteiger partial charge is 0.508 e. The number of aromatic hydroxyl groups is 2. The number of phenols is 2. The molecule has 5 nitrogen and oxygen atoms in total. The Morgan fingerprint density at radius 1 is 1.17 bits per heavy atom. The molecule has 0 aliphatic rings. The SMILES string of the molecule is O=C(CCc1ccc(O)cc1)N/N=C\c1cc(Cl)cc(Cl)c1O. The second kappa shape index (κ2) is 7.85. The summed E-state index contributed by atoms with van der Waals surface area (Å²) in [6.07, 6.45) is 2.03. The number of hydrazone groups is 1. The number of phenolic OH excluding ortho intramolecular Hbond substituents is 2. The van der Waals surface area contributed by atoms with Crippen molar-refractivity contribution >= 4 is 35.3 Å². The first kappa shape index (κ1) is 17.1. The molecule has 2 aromatic carbocycles. The van der Waals surface area contributed by atoms with Crippen LogP contribution in [0.2, 0.25) is 10.0 Å². The molecule has 0 saturated carbocycles. The molecule has 0 unspecified atom stereocenters. The topological polar surface area (TPSA) is 81.9 Å². The Labute approximate surface area is 143 Å². The van der Waals surface area contributed by atoms with Crippen LogP contribution in [0.1, 0.15) is 17.5 Å². The number of nitrogens with one attached hydrogen (secondary N) is 1. The van der Waals surface area contributed by atoms with E-state index in [1.165, 1.54) is 18.3 Å². The molecule has 2 aromatic rings. The molecule has 0 radical (unpaired) electrons. The molecule has 23 heavy (non-hydrogen) atoms. The van der Waals surface area contributed by atoms with Gasteiger partial charge in [0.25, 0.3) is 0 Å². The first-order chi connectivity index (χ1) is 11.0. The van der Waals surface area contributed by atoms with Crippen LogP contribution in [0.3, 0.4) is 0 Å². The van der Waals surface area contributed by atoms with Gasteiger partial charge in [-0.05, 0) is 36.2 Å². The quantitative estimate of drug-likeness (QED) is 0.569. The molecule has 0 bridgehead atoms. The molecule has 0 atom stereocenters. The second-order valence-electron chi connectivity index (χ2n) is 4.79. The molecule has 0 aromatic heterocycles. The van der Waals surface area contributed by atoms with E-state index in [2.05, 4.69) is 10.5 Å². The Morgan fingerprint density at radius 3 is 2.57 bits per heavy atom. The molecule has 1 amide bonds. The number of halogens is 2. The maximum Gasteiger partial charge on any atom is 0.240 e. The predicted molar refractivity (Wildman–Crippen MR) is 90.3 cm³/mol. The Hall–Kier alpha value is -2.24. The van der Waals surface area contributed by atoms with Crippen LogP contribution < -0.4 is 5.43 Å². The highest BCUT2D eigenvalue weighted by Crippen LogP contribution is 2.29. The van der Waals surface area contributed by atoms with Gasteiger partial charge in [0.1, 0.15) is 11.5 Å². The van der Waals surface area contributed by atoms with E-state index < -0.39 is 0 Å². The van der Waals surface area contributed by atoms with Crippen LogP contribution >= 0.6 is 23.2 Å². The zero-order chi connectivity index (χ0) is 16.8. The number of benzene rings is 2. The summed E-state index contributed by atoms with van der Waals surface area (Å²) < 4.78 is 0. The zero-order valence-electron chi connectivity index (χ0n) is 12.0. The van der Waals surface area contributed by atoms with Crippen molar-refractivity contribution in [2.24, 2.45) is 5.10 Å². The highest BCUT2D eigenvalue weighted by Gasteiger charge is 2.06. The first-order valence-corrected chi connectivity index (χ1v) is 7.49. The van der Waals surface area contributed by atoms with Crippen molar-refractivity contribution in [2.45, 2.75) is 12.8 Å². The van der Waals surface area contributed by atoms with Crippen LogP contribution in [0.5, 0.6) is 11.5 Å². The van der Waals surface area contributed by atoms with Crippen molar-refractivity contribution in [3.8, 4) is 11.5 Å². The van der Waals surface area contributed by atoms with Crippen molar-refractivity contribution in [1.29, 1.82) is 0 Å². The van der Waals surface area contributed by atoms with Gasteiger partial charge in [-0.25, -0.2) is 5.43 Å². The van der Waals surface area contributed by atoms with Gasteiger partial charge < -0.3 is 10.2 Å². The van der Waals surface area contributed by atoms with Gasteiger partial charge in [0, 0.05) is 17.0 Å². The summed E-state index contributed by atoms with van der Waals surface area (Å²) in [5, 5.41) is 23.2. The molecule has 0 saturated heterocycles. The molecular weight excluding hydrogens is 339 g/mol. The lowest BCUT2D eigenvalue weighted by atomic mass is 10.1. The van der Waals surface area contributed by atoms with Crippen LogP contribution in [0.25, 0.3) is 0 Å². The average Bonchev–Trinajstić information content (AvgIpc) is 2.51. The zero-order valence-corrected chi connectivity index (χ0v) is 13.5. The highest BCUT2D eigenvalue weighted by molar-refractivity contribution is 6.36. The molecule has 7 heteroatoms. The van der Waals surface area contributed by atoms with Gasteiger partial charge in [-0.3, -0.25) is 4.79 Å². The molecule has 0 fully saturated rings. The van der Waals surface area contributed by atoms with Crippen molar-refractivity contribution in [3.63, 3.8) is 0 Å². The van der Waals surface area contributed by atoms with Crippen LogP contribution in [0.15, 0.2) is 41.5 Å². The smallest absolute Gasteiger partial charge is 0.240 e. The van der Waals surface area contributed by atoms with Gasteiger partial charge in [0.2, 0.25) is 5.91 Å². The van der Waals surface area contributed by atoms with E-state index >= 15 is 0 Å².